The van der Waals surface area contributed by atoms with Crippen LogP contribution in [0.15, 0.2) is 18.2 Å². The number of nitrogens with one attached hydrogen (secondary N) is 1. The van der Waals surface area contributed by atoms with E-state index in [0.717, 1.165) is 32.0 Å². The zero-order chi connectivity index (χ0) is 13.7. The molecule has 0 saturated carbocycles. The lowest BCUT2D eigenvalue weighted by atomic mass is 10.2. The SMILES string of the molecule is O=C(CCNCc1cccc(F)c1F)N1CCCC1. The summed E-state index contributed by atoms with van der Waals surface area (Å²) in [5, 5.41) is 2.97. The predicted molar refractivity (Wildman–Crippen MR) is 68.5 cm³/mol. The molecule has 104 valence electrons. The largest absolute Gasteiger partial charge is 0.343 e. The van der Waals surface area contributed by atoms with E-state index in [1.807, 2.05) is 4.90 Å². The lowest BCUT2D eigenvalue weighted by Crippen LogP contribution is -2.30. The first-order valence-electron chi connectivity index (χ1n) is 6.60. The minimum absolute atomic E-state index is 0.129. The van der Waals surface area contributed by atoms with Gasteiger partial charge in [0.25, 0.3) is 0 Å². The van der Waals surface area contributed by atoms with Crippen molar-refractivity contribution in [3.8, 4) is 0 Å². The van der Waals surface area contributed by atoms with Gasteiger partial charge in [0.15, 0.2) is 11.6 Å². The van der Waals surface area contributed by atoms with Crippen LogP contribution in [0.4, 0.5) is 8.78 Å². The molecule has 5 heteroatoms. The molecule has 1 N–H and O–H groups in total. The third-order valence-corrected chi connectivity index (χ3v) is 3.32. The number of rotatable bonds is 5. The van der Waals surface area contributed by atoms with Crippen molar-refractivity contribution in [3.05, 3.63) is 35.4 Å². The molecule has 1 amide bonds. The van der Waals surface area contributed by atoms with Gasteiger partial charge in [-0.25, -0.2) is 8.78 Å². The van der Waals surface area contributed by atoms with Gasteiger partial charge in [-0.3, -0.25) is 4.79 Å². The van der Waals surface area contributed by atoms with Gasteiger partial charge in [0, 0.05) is 38.2 Å². The predicted octanol–water partition coefficient (Wildman–Crippen LogP) is 2.07. The second kappa shape index (κ2) is 6.61. The normalized spacial score (nSPS) is 14.9. The Morgan fingerprint density at radius 2 is 2.00 bits per heavy atom. The maximum atomic E-state index is 13.3. The van der Waals surface area contributed by atoms with Gasteiger partial charge in [0.05, 0.1) is 0 Å². The molecular weight excluding hydrogens is 250 g/mol. The molecule has 1 saturated heterocycles. The summed E-state index contributed by atoms with van der Waals surface area (Å²) in [6.45, 7) is 2.40. The Hall–Kier alpha value is -1.49. The first kappa shape index (κ1) is 13.9. The summed E-state index contributed by atoms with van der Waals surface area (Å²) in [6.07, 6.45) is 2.55. The van der Waals surface area contributed by atoms with Crippen molar-refractivity contribution in [1.29, 1.82) is 0 Å². The summed E-state index contributed by atoms with van der Waals surface area (Å²) in [6, 6.07) is 4.11. The van der Waals surface area contributed by atoms with Crippen molar-refractivity contribution in [2.45, 2.75) is 25.8 Å². The van der Waals surface area contributed by atoms with Gasteiger partial charge in [0.1, 0.15) is 0 Å². The molecule has 0 spiro atoms. The molecule has 1 fully saturated rings. The van der Waals surface area contributed by atoms with Crippen molar-refractivity contribution in [1.82, 2.24) is 10.2 Å². The van der Waals surface area contributed by atoms with Crippen LogP contribution >= 0.6 is 0 Å². The molecular formula is C14H18F2N2O. The van der Waals surface area contributed by atoms with Crippen LogP contribution in [0, 0.1) is 11.6 Å². The van der Waals surface area contributed by atoms with Crippen LogP contribution in [0.25, 0.3) is 0 Å². The summed E-state index contributed by atoms with van der Waals surface area (Å²) in [5.74, 6) is -1.53. The summed E-state index contributed by atoms with van der Waals surface area (Å²) in [7, 11) is 0. The Bertz CT molecular complexity index is 445. The Morgan fingerprint density at radius 1 is 1.26 bits per heavy atom. The summed E-state index contributed by atoms with van der Waals surface area (Å²) in [5.41, 5.74) is 0.286. The molecule has 0 aromatic heterocycles. The number of carbonyl (C=O) groups excluding carboxylic acids is 1. The first-order chi connectivity index (χ1) is 9.18. The number of hydrogen-bond acceptors (Lipinski definition) is 2. The van der Waals surface area contributed by atoms with Crippen LogP contribution in [-0.2, 0) is 11.3 Å². The van der Waals surface area contributed by atoms with Gasteiger partial charge >= 0.3 is 0 Å². The third-order valence-electron chi connectivity index (χ3n) is 3.32. The van der Waals surface area contributed by atoms with Crippen LogP contribution in [0.1, 0.15) is 24.8 Å². The monoisotopic (exact) mass is 268 g/mol. The van der Waals surface area contributed by atoms with Crippen LogP contribution in [0.5, 0.6) is 0 Å². The molecule has 0 radical (unpaired) electrons. The van der Waals surface area contributed by atoms with Gasteiger partial charge in [0.2, 0.25) is 5.91 Å². The molecule has 1 heterocycles. The van der Waals surface area contributed by atoms with Gasteiger partial charge in [-0.2, -0.15) is 0 Å². The zero-order valence-electron chi connectivity index (χ0n) is 10.8. The molecule has 0 aliphatic carbocycles. The van der Waals surface area contributed by atoms with E-state index in [2.05, 4.69) is 5.32 Å². The van der Waals surface area contributed by atoms with Crippen molar-refractivity contribution < 1.29 is 13.6 Å². The minimum atomic E-state index is -0.840. The second-order valence-corrected chi connectivity index (χ2v) is 4.73. The lowest BCUT2D eigenvalue weighted by molar-refractivity contribution is -0.130. The van der Waals surface area contributed by atoms with E-state index < -0.39 is 11.6 Å². The van der Waals surface area contributed by atoms with E-state index in [1.54, 1.807) is 0 Å². The smallest absolute Gasteiger partial charge is 0.223 e. The van der Waals surface area contributed by atoms with E-state index in [1.165, 1.54) is 12.1 Å². The van der Waals surface area contributed by atoms with Crippen molar-refractivity contribution in [3.63, 3.8) is 0 Å². The average molecular weight is 268 g/mol. The fourth-order valence-corrected chi connectivity index (χ4v) is 2.23. The molecule has 0 bridgehead atoms. The highest BCUT2D eigenvalue weighted by Crippen LogP contribution is 2.11. The number of benzene rings is 1. The summed E-state index contributed by atoms with van der Waals surface area (Å²) in [4.78, 5) is 13.6. The maximum absolute atomic E-state index is 13.3. The average Bonchev–Trinajstić information content (AvgIpc) is 2.93. The fourth-order valence-electron chi connectivity index (χ4n) is 2.23. The van der Waals surface area contributed by atoms with E-state index >= 15 is 0 Å². The van der Waals surface area contributed by atoms with Crippen molar-refractivity contribution >= 4 is 5.91 Å². The molecule has 1 aromatic rings. The van der Waals surface area contributed by atoms with Crippen LogP contribution in [0.3, 0.4) is 0 Å². The van der Waals surface area contributed by atoms with Crippen molar-refractivity contribution in [2.75, 3.05) is 19.6 Å². The summed E-state index contributed by atoms with van der Waals surface area (Å²) >= 11 is 0. The Morgan fingerprint density at radius 3 is 2.74 bits per heavy atom. The van der Waals surface area contributed by atoms with E-state index in [9.17, 15) is 13.6 Å². The first-order valence-corrected chi connectivity index (χ1v) is 6.60. The molecule has 0 atom stereocenters. The van der Waals surface area contributed by atoms with Gasteiger partial charge in [-0.15, -0.1) is 0 Å². The third kappa shape index (κ3) is 3.73. The number of carbonyl (C=O) groups is 1. The fraction of sp³-hybridized carbons (Fsp3) is 0.500. The van der Waals surface area contributed by atoms with Gasteiger partial charge in [-0.05, 0) is 18.9 Å². The number of hydrogen-bond donors (Lipinski definition) is 1. The van der Waals surface area contributed by atoms with E-state index in [4.69, 9.17) is 0 Å². The van der Waals surface area contributed by atoms with Gasteiger partial charge in [-0.1, -0.05) is 12.1 Å². The number of likely N-dealkylation sites (tertiary alicyclic amines) is 1. The highest BCUT2D eigenvalue weighted by molar-refractivity contribution is 5.76. The Kier molecular flexibility index (Phi) is 4.85. The standard InChI is InChI=1S/C14H18F2N2O/c15-12-5-3-4-11(14(12)16)10-17-7-6-13(19)18-8-1-2-9-18/h3-5,17H,1-2,6-10H2. The lowest BCUT2D eigenvalue weighted by Gasteiger charge is -2.15. The highest BCUT2D eigenvalue weighted by Gasteiger charge is 2.17. The molecule has 1 aliphatic rings. The molecule has 1 aromatic carbocycles. The molecule has 1 aliphatic heterocycles. The number of nitrogens with zero attached hydrogens (tertiary/aromatic N) is 1. The zero-order valence-corrected chi connectivity index (χ0v) is 10.8. The molecule has 3 nitrogen and oxygen atoms in total. The molecule has 2 rings (SSSR count). The van der Waals surface area contributed by atoms with Crippen LogP contribution < -0.4 is 5.32 Å². The van der Waals surface area contributed by atoms with E-state index in [-0.39, 0.29) is 18.0 Å². The van der Waals surface area contributed by atoms with Crippen LogP contribution in [0.2, 0.25) is 0 Å². The highest BCUT2D eigenvalue weighted by atomic mass is 19.2. The summed E-state index contributed by atoms with van der Waals surface area (Å²) < 4.78 is 26.3. The number of halogens is 2. The van der Waals surface area contributed by atoms with E-state index in [0.29, 0.717) is 13.0 Å². The second-order valence-electron chi connectivity index (χ2n) is 4.73. The topological polar surface area (TPSA) is 32.3 Å². The number of amides is 1. The molecule has 19 heavy (non-hydrogen) atoms. The maximum Gasteiger partial charge on any atom is 0.223 e. The van der Waals surface area contributed by atoms with Crippen LogP contribution in [-0.4, -0.2) is 30.4 Å². The Balaban J connectivity index is 1.71. The Labute approximate surface area is 111 Å². The minimum Gasteiger partial charge on any atom is -0.343 e. The quantitative estimate of drug-likeness (QED) is 0.829. The van der Waals surface area contributed by atoms with Gasteiger partial charge < -0.3 is 10.2 Å². The van der Waals surface area contributed by atoms with Crippen molar-refractivity contribution in [2.24, 2.45) is 0 Å². The molecule has 0 unspecified atom stereocenters.